The molecule has 0 radical (unpaired) electrons. The third-order valence-electron chi connectivity index (χ3n) is 3.56. The molecule has 0 aliphatic heterocycles. The van der Waals surface area contributed by atoms with Crippen LogP contribution in [-0.4, -0.2) is 26.8 Å². The van der Waals surface area contributed by atoms with E-state index in [1.807, 2.05) is 30.3 Å². The number of rotatable bonds is 5. The highest BCUT2D eigenvalue weighted by Crippen LogP contribution is 2.19. The van der Waals surface area contributed by atoms with Crippen LogP contribution in [-0.2, 0) is 13.6 Å². The highest BCUT2D eigenvalue weighted by molar-refractivity contribution is 7.12. The Kier molecular flexibility index (Phi) is 4.43. The molecule has 0 saturated carbocycles. The summed E-state index contributed by atoms with van der Waals surface area (Å²) in [6.07, 6.45) is 0. The Bertz CT molecular complexity index is 884. The zero-order valence-corrected chi connectivity index (χ0v) is 13.7. The fourth-order valence-electron chi connectivity index (χ4n) is 2.36. The smallest absolute Gasteiger partial charge is 0.346 e. The van der Waals surface area contributed by atoms with Gasteiger partial charge in [-0.2, -0.15) is 5.10 Å². The second-order valence-electron chi connectivity index (χ2n) is 5.17. The van der Waals surface area contributed by atoms with Crippen molar-refractivity contribution in [1.82, 2.24) is 15.1 Å². The lowest BCUT2D eigenvalue weighted by molar-refractivity contribution is 0.0699. The fourth-order valence-corrected chi connectivity index (χ4v) is 3.12. The Labute approximate surface area is 142 Å². The van der Waals surface area contributed by atoms with Crippen molar-refractivity contribution >= 4 is 23.2 Å². The number of hydrogen-bond acceptors (Lipinski definition) is 4. The largest absolute Gasteiger partial charge is 0.477 e. The van der Waals surface area contributed by atoms with E-state index >= 15 is 0 Å². The number of carboxylic acids is 1. The zero-order valence-electron chi connectivity index (χ0n) is 12.9. The minimum atomic E-state index is -0.985. The number of nitrogens with one attached hydrogen (secondary N) is 1. The van der Waals surface area contributed by atoms with Crippen LogP contribution in [0.4, 0.5) is 0 Å². The third-order valence-corrected chi connectivity index (χ3v) is 4.51. The van der Waals surface area contributed by atoms with Crippen LogP contribution in [0.15, 0.2) is 47.8 Å². The number of aryl methyl sites for hydroxylation is 1. The van der Waals surface area contributed by atoms with E-state index < -0.39 is 5.97 Å². The third kappa shape index (κ3) is 3.21. The Hall–Kier alpha value is -2.93. The minimum absolute atomic E-state index is 0.163. The molecule has 0 aliphatic rings. The second kappa shape index (κ2) is 6.67. The van der Waals surface area contributed by atoms with E-state index in [1.165, 1.54) is 4.68 Å². The molecule has 0 unspecified atom stereocenters. The van der Waals surface area contributed by atoms with E-state index in [-0.39, 0.29) is 17.3 Å². The summed E-state index contributed by atoms with van der Waals surface area (Å²) in [4.78, 5) is 23.7. The Morgan fingerprint density at radius 3 is 2.71 bits per heavy atom. The van der Waals surface area contributed by atoms with Crippen molar-refractivity contribution in [2.24, 2.45) is 7.05 Å². The number of hydrogen-bond donors (Lipinski definition) is 2. The van der Waals surface area contributed by atoms with Gasteiger partial charge >= 0.3 is 5.97 Å². The Morgan fingerprint density at radius 2 is 2.00 bits per heavy atom. The number of aromatic nitrogens is 2. The van der Waals surface area contributed by atoms with Crippen molar-refractivity contribution in [2.45, 2.75) is 6.54 Å². The van der Waals surface area contributed by atoms with Gasteiger partial charge in [-0.25, -0.2) is 4.79 Å². The molecule has 7 heteroatoms. The van der Waals surface area contributed by atoms with Gasteiger partial charge in [0.1, 0.15) is 10.6 Å². The summed E-state index contributed by atoms with van der Waals surface area (Å²) in [6, 6.07) is 13.0. The molecule has 3 rings (SSSR count). The van der Waals surface area contributed by atoms with Crippen LogP contribution in [0.2, 0.25) is 0 Å². The number of carboxylic acid groups (broad SMARTS) is 1. The molecule has 0 aliphatic carbocycles. The molecular weight excluding hydrogens is 326 g/mol. The summed E-state index contributed by atoms with van der Waals surface area (Å²) in [7, 11) is 1.70. The van der Waals surface area contributed by atoms with Crippen LogP contribution in [0.25, 0.3) is 11.3 Å². The van der Waals surface area contributed by atoms with Gasteiger partial charge in [0, 0.05) is 19.2 Å². The van der Waals surface area contributed by atoms with Crippen LogP contribution in [0, 0.1) is 0 Å². The number of carbonyl (C=O) groups is 2. The second-order valence-corrected chi connectivity index (χ2v) is 6.08. The van der Waals surface area contributed by atoms with Gasteiger partial charge in [-0.05, 0) is 23.1 Å². The summed E-state index contributed by atoms with van der Waals surface area (Å²) in [6.45, 7) is 0.163. The van der Waals surface area contributed by atoms with Gasteiger partial charge in [-0.3, -0.25) is 9.48 Å². The summed E-state index contributed by atoms with van der Waals surface area (Å²) in [5.41, 5.74) is 2.65. The maximum Gasteiger partial charge on any atom is 0.346 e. The maximum absolute atomic E-state index is 12.4. The number of amides is 1. The standard InChI is InChI=1S/C17H15N3O3S/c1-20-14(9-13(19-20)11-5-3-2-4-6-11)16(21)18-10-12-7-8-24-15(12)17(22)23/h2-9H,10H2,1H3,(H,18,21)(H,22,23). The first kappa shape index (κ1) is 15.9. The number of thiophene rings is 1. The van der Waals surface area contributed by atoms with Gasteiger partial charge in [-0.15, -0.1) is 11.3 Å². The molecule has 1 aromatic carbocycles. The van der Waals surface area contributed by atoms with Crippen molar-refractivity contribution in [3.63, 3.8) is 0 Å². The van der Waals surface area contributed by atoms with Gasteiger partial charge in [0.05, 0.1) is 5.69 Å². The van der Waals surface area contributed by atoms with Crippen molar-refractivity contribution in [3.8, 4) is 11.3 Å². The van der Waals surface area contributed by atoms with Crippen molar-refractivity contribution in [3.05, 3.63) is 64.0 Å². The van der Waals surface area contributed by atoms with E-state index in [4.69, 9.17) is 5.11 Å². The lowest BCUT2D eigenvalue weighted by atomic mass is 10.1. The number of carbonyl (C=O) groups excluding carboxylic acids is 1. The van der Waals surface area contributed by atoms with Gasteiger partial charge < -0.3 is 10.4 Å². The maximum atomic E-state index is 12.4. The molecule has 0 spiro atoms. The molecule has 6 nitrogen and oxygen atoms in total. The first-order chi connectivity index (χ1) is 11.6. The van der Waals surface area contributed by atoms with Crippen molar-refractivity contribution in [1.29, 1.82) is 0 Å². The zero-order chi connectivity index (χ0) is 17.1. The summed E-state index contributed by atoms with van der Waals surface area (Å²) in [5.74, 6) is -1.28. The van der Waals surface area contributed by atoms with Crippen LogP contribution >= 0.6 is 11.3 Å². The first-order valence-electron chi connectivity index (χ1n) is 7.23. The molecule has 0 fully saturated rings. The monoisotopic (exact) mass is 341 g/mol. The van der Waals surface area contributed by atoms with E-state index in [9.17, 15) is 9.59 Å². The average Bonchev–Trinajstić information content (AvgIpc) is 3.20. The summed E-state index contributed by atoms with van der Waals surface area (Å²) < 4.78 is 1.52. The first-order valence-corrected chi connectivity index (χ1v) is 8.11. The minimum Gasteiger partial charge on any atom is -0.477 e. The van der Waals surface area contributed by atoms with Crippen LogP contribution < -0.4 is 5.32 Å². The highest BCUT2D eigenvalue weighted by atomic mass is 32.1. The molecular formula is C17H15N3O3S. The predicted octanol–water partition coefficient (Wildman–Crippen LogP) is 2.78. The summed E-state index contributed by atoms with van der Waals surface area (Å²) >= 11 is 1.14. The predicted molar refractivity (Wildman–Crippen MR) is 91.1 cm³/mol. The number of benzene rings is 1. The van der Waals surface area contributed by atoms with Crippen molar-refractivity contribution in [2.75, 3.05) is 0 Å². The SMILES string of the molecule is Cn1nc(-c2ccccc2)cc1C(=O)NCc1ccsc1C(=O)O. The van der Waals surface area contributed by atoms with Gasteiger partial charge in [0.25, 0.3) is 5.91 Å². The fraction of sp³-hybridized carbons (Fsp3) is 0.118. The molecule has 2 aromatic heterocycles. The lowest BCUT2D eigenvalue weighted by Crippen LogP contribution is -2.25. The van der Waals surface area contributed by atoms with Gasteiger partial charge in [-0.1, -0.05) is 30.3 Å². The van der Waals surface area contributed by atoms with E-state index in [0.29, 0.717) is 17.0 Å². The normalized spacial score (nSPS) is 10.5. The van der Waals surface area contributed by atoms with E-state index in [0.717, 1.165) is 16.9 Å². The molecule has 2 heterocycles. The molecule has 3 aromatic rings. The van der Waals surface area contributed by atoms with Gasteiger partial charge in [0.2, 0.25) is 0 Å². The lowest BCUT2D eigenvalue weighted by Gasteiger charge is -2.04. The number of nitrogens with zero attached hydrogens (tertiary/aromatic N) is 2. The molecule has 0 saturated heterocycles. The quantitative estimate of drug-likeness (QED) is 0.747. The topological polar surface area (TPSA) is 84.2 Å². The molecule has 24 heavy (non-hydrogen) atoms. The van der Waals surface area contributed by atoms with Crippen LogP contribution in [0.5, 0.6) is 0 Å². The Morgan fingerprint density at radius 1 is 1.25 bits per heavy atom. The summed E-state index contributed by atoms with van der Waals surface area (Å²) in [5, 5.41) is 17.9. The molecule has 2 N–H and O–H groups in total. The molecule has 122 valence electrons. The molecule has 1 amide bonds. The van der Waals surface area contributed by atoms with Gasteiger partial charge in [0.15, 0.2) is 0 Å². The highest BCUT2D eigenvalue weighted by Gasteiger charge is 2.16. The molecule has 0 atom stereocenters. The molecule has 0 bridgehead atoms. The average molecular weight is 341 g/mol. The van der Waals surface area contributed by atoms with Crippen molar-refractivity contribution < 1.29 is 14.7 Å². The van der Waals surface area contributed by atoms with Crippen LogP contribution in [0.1, 0.15) is 25.7 Å². The Balaban J connectivity index is 1.75. The van der Waals surface area contributed by atoms with Crippen LogP contribution in [0.3, 0.4) is 0 Å². The van der Waals surface area contributed by atoms with E-state index in [1.54, 1.807) is 24.6 Å². The van der Waals surface area contributed by atoms with E-state index in [2.05, 4.69) is 10.4 Å². The number of aromatic carboxylic acids is 1.